The molecule has 1 nitrogen and oxygen atoms in total. The largest absolute Gasteiger partial charge is 0.378 e. The lowest BCUT2D eigenvalue weighted by Gasteiger charge is -2.16. The highest BCUT2D eigenvalue weighted by molar-refractivity contribution is 9.10. The highest BCUT2D eigenvalue weighted by Crippen LogP contribution is 2.23. The lowest BCUT2D eigenvalue weighted by Crippen LogP contribution is -2.06. The summed E-state index contributed by atoms with van der Waals surface area (Å²) >= 11 is 3.45. The maximum atomic E-state index is 13.4. The minimum absolute atomic E-state index is 0.129. The Morgan fingerprint density at radius 1 is 1.17 bits per heavy atom. The Hall–Kier alpha value is -1.35. The molecule has 0 heterocycles. The van der Waals surface area contributed by atoms with Gasteiger partial charge in [-0.1, -0.05) is 34.1 Å². The number of hydrogen-bond acceptors (Lipinski definition) is 1. The predicted octanol–water partition coefficient (Wildman–Crippen LogP) is 5.07. The smallest absolute Gasteiger partial charge is 0.128 e. The molecule has 94 valence electrons. The quantitative estimate of drug-likeness (QED) is 0.834. The van der Waals surface area contributed by atoms with Gasteiger partial charge in [0.15, 0.2) is 0 Å². The molecule has 0 amide bonds. The van der Waals surface area contributed by atoms with Crippen molar-refractivity contribution in [2.45, 2.75) is 19.9 Å². The molecule has 0 saturated heterocycles. The van der Waals surface area contributed by atoms with Crippen molar-refractivity contribution in [3.63, 3.8) is 0 Å². The summed E-state index contributed by atoms with van der Waals surface area (Å²) in [5, 5.41) is 3.29. The van der Waals surface area contributed by atoms with E-state index >= 15 is 0 Å². The molecule has 2 rings (SSSR count). The van der Waals surface area contributed by atoms with Crippen LogP contribution in [0.15, 0.2) is 46.9 Å². The van der Waals surface area contributed by atoms with Crippen molar-refractivity contribution < 1.29 is 4.39 Å². The van der Waals surface area contributed by atoms with Crippen LogP contribution in [0.2, 0.25) is 0 Å². The molecule has 1 N–H and O–H groups in total. The fourth-order valence-corrected chi connectivity index (χ4v) is 2.21. The number of halogens is 2. The van der Waals surface area contributed by atoms with E-state index in [0.29, 0.717) is 5.56 Å². The van der Waals surface area contributed by atoms with Crippen molar-refractivity contribution in [2.24, 2.45) is 0 Å². The third-order valence-electron chi connectivity index (χ3n) is 2.90. The van der Waals surface area contributed by atoms with Crippen molar-refractivity contribution in [1.29, 1.82) is 0 Å². The minimum Gasteiger partial charge on any atom is -0.378 e. The van der Waals surface area contributed by atoms with Crippen molar-refractivity contribution in [2.75, 3.05) is 5.32 Å². The molecule has 3 heteroatoms. The summed E-state index contributed by atoms with van der Waals surface area (Å²) in [5.74, 6) is -0.179. The Morgan fingerprint density at radius 2 is 1.94 bits per heavy atom. The van der Waals surface area contributed by atoms with Crippen LogP contribution < -0.4 is 5.32 Å². The highest BCUT2D eigenvalue weighted by atomic mass is 79.9. The maximum Gasteiger partial charge on any atom is 0.128 e. The molecule has 1 atom stereocenters. The van der Waals surface area contributed by atoms with Crippen LogP contribution in [0.25, 0.3) is 0 Å². The van der Waals surface area contributed by atoms with Gasteiger partial charge in [0.25, 0.3) is 0 Å². The van der Waals surface area contributed by atoms with Gasteiger partial charge in [0.05, 0.1) is 0 Å². The fourth-order valence-electron chi connectivity index (χ4n) is 1.79. The van der Waals surface area contributed by atoms with Gasteiger partial charge in [0.1, 0.15) is 5.82 Å². The average Bonchev–Trinajstić information content (AvgIpc) is 2.34. The average molecular weight is 308 g/mol. The van der Waals surface area contributed by atoms with Crippen LogP contribution in [0.5, 0.6) is 0 Å². The van der Waals surface area contributed by atoms with Crippen molar-refractivity contribution in [1.82, 2.24) is 0 Å². The zero-order valence-electron chi connectivity index (χ0n) is 10.4. The second-order valence-corrected chi connectivity index (χ2v) is 5.30. The van der Waals surface area contributed by atoms with Gasteiger partial charge in [-0.2, -0.15) is 0 Å². The molecule has 0 aliphatic heterocycles. The summed E-state index contributed by atoms with van der Waals surface area (Å²) in [4.78, 5) is 0. The molecule has 2 aromatic rings. The van der Waals surface area contributed by atoms with Gasteiger partial charge in [-0.15, -0.1) is 0 Å². The number of nitrogens with one attached hydrogen (secondary N) is 1. The zero-order chi connectivity index (χ0) is 13.1. The van der Waals surface area contributed by atoms with E-state index in [4.69, 9.17) is 0 Å². The Kier molecular flexibility index (Phi) is 4.02. The van der Waals surface area contributed by atoms with E-state index in [2.05, 4.69) is 34.2 Å². The first kappa shape index (κ1) is 13.1. The van der Waals surface area contributed by atoms with Crippen LogP contribution in [0.4, 0.5) is 10.1 Å². The second kappa shape index (κ2) is 5.53. The monoisotopic (exact) mass is 307 g/mol. The first-order chi connectivity index (χ1) is 8.56. The molecule has 0 saturated carbocycles. The van der Waals surface area contributed by atoms with Gasteiger partial charge in [-0.05, 0) is 49.2 Å². The number of hydrogen-bond donors (Lipinski definition) is 1. The molecule has 0 aromatic heterocycles. The third-order valence-corrected chi connectivity index (χ3v) is 3.40. The van der Waals surface area contributed by atoms with E-state index in [0.717, 1.165) is 15.7 Å². The molecule has 0 radical (unpaired) electrons. The van der Waals surface area contributed by atoms with E-state index in [1.54, 1.807) is 13.0 Å². The van der Waals surface area contributed by atoms with Crippen LogP contribution in [-0.4, -0.2) is 0 Å². The molecule has 0 spiro atoms. The Bertz CT molecular complexity index is 554. The van der Waals surface area contributed by atoms with Crippen molar-refractivity contribution in [3.05, 3.63) is 63.9 Å². The third kappa shape index (κ3) is 3.10. The molecule has 0 aliphatic rings. The first-order valence-corrected chi connectivity index (χ1v) is 6.64. The van der Waals surface area contributed by atoms with Crippen LogP contribution in [-0.2, 0) is 0 Å². The van der Waals surface area contributed by atoms with Crippen molar-refractivity contribution in [3.8, 4) is 0 Å². The van der Waals surface area contributed by atoms with Gasteiger partial charge in [0.2, 0.25) is 0 Å². The molecule has 0 aliphatic carbocycles. The summed E-state index contributed by atoms with van der Waals surface area (Å²) in [7, 11) is 0. The van der Waals surface area contributed by atoms with E-state index in [1.165, 1.54) is 6.07 Å². The van der Waals surface area contributed by atoms with Crippen molar-refractivity contribution >= 4 is 21.6 Å². The molecule has 0 bridgehead atoms. The summed E-state index contributed by atoms with van der Waals surface area (Å²) in [5.41, 5.74) is 2.62. The molecular formula is C15H15BrFN. The van der Waals surface area contributed by atoms with Crippen LogP contribution in [0.1, 0.15) is 24.1 Å². The Labute approximate surface area is 115 Å². The lowest BCUT2D eigenvalue weighted by atomic mass is 10.1. The van der Waals surface area contributed by atoms with Gasteiger partial charge >= 0.3 is 0 Å². The maximum absolute atomic E-state index is 13.4. The Morgan fingerprint density at radius 3 is 2.61 bits per heavy atom. The molecular weight excluding hydrogens is 293 g/mol. The lowest BCUT2D eigenvalue weighted by molar-refractivity contribution is 0.618. The van der Waals surface area contributed by atoms with Gasteiger partial charge in [-0.3, -0.25) is 0 Å². The fraction of sp³-hybridized carbons (Fsp3) is 0.200. The molecule has 18 heavy (non-hydrogen) atoms. The van der Waals surface area contributed by atoms with E-state index in [9.17, 15) is 4.39 Å². The minimum atomic E-state index is -0.179. The van der Waals surface area contributed by atoms with Gasteiger partial charge < -0.3 is 5.32 Å². The number of benzene rings is 2. The number of anilines is 1. The molecule has 1 unspecified atom stereocenters. The first-order valence-electron chi connectivity index (χ1n) is 5.84. The molecule has 0 fully saturated rings. The number of aryl methyl sites for hydroxylation is 1. The van der Waals surface area contributed by atoms with Crippen LogP contribution in [0.3, 0.4) is 0 Å². The van der Waals surface area contributed by atoms with E-state index < -0.39 is 0 Å². The van der Waals surface area contributed by atoms with Crippen LogP contribution in [0, 0.1) is 12.7 Å². The molecule has 2 aromatic carbocycles. The highest BCUT2D eigenvalue weighted by Gasteiger charge is 2.06. The van der Waals surface area contributed by atoms with Crippen LogP contribution >= 0.6 is 15.9 Å². The zero-order valence-corrected chi connectivity index (χ0v) is 12.0. The summed E-state index contributed by atoms with van der Waals surface area (Å²) in [6.45, 7) is 3.82. The van der Waals surface area contributed by atoms with E-state index in [1.807, 2.05) is 24.3 Å². The topological polar surface area (TPSA) is 12.0 Å². The standard InChI is InChI=1S/C15H15BrFN/c1-10-6-7-14(9-15(10)17)18-11(2)12-4-3-5-13(16)8-12/h3-9,11,18H,1-2H3. The summed E-state index contributed by atoms with van der Waals surface area (Å²) in [6, 6.07) is 13.4. The van der Waals surface area contributed by atoms with E-state index in [-0.39, 0.29) is 11.9 Å². The normalized spacial score (nSPS) is 12.2. The SMILES string of the molecule is Cc1ccc(NC(C)c2cccc(Br)c2)cc1F. The van der Waals surface area contributed by atoms with Gasteiger partial charge in [0, 0.05) is 16.2 Å². The van der Waals surface area contributed by atoms with Gasteiger partial charge in [-0.25, -0.2) is 4.39 Å². The predicted molar refractivity (Wildman–Crippen MR) is 77.3 cm³/mol. The Balaban J connectivity index is 2.16. The summed E-state index contributed by atoms with van der Waals surface area (Å²) in [6.07, 6.45) is 0. The summed E-state index contributed by atoms with van der Waals surface area (Å²) < 4.78 is 14.5. The number of rotatable bonds is 3. The second-order valence-electron chi connectivity index (χ2n) is 4.38.